The predicted octanol–water partition coefficient (Wildman–Crippen LogP) is 0.332. The average molecular weight is 418 g/mol. The van der Waals surface area contributed by atoms with Gasteiger partial charge in [-0.15, -0.1) is 0 Å². The van der Waals surface area contributed by atoms with Gasteiger partial charge >= 0.3 is 5.69 Å². The third-order valence-corrected chi connectivity index (χ3v) is 5.42. The normalized spacial score (nSPS) is 19.5. The Bertz CT molecular complexity index is 1030. The monoisotopic (exact) mass is 418 g/mol. The minimum absolute atomic E-state index is 0.110. The number of H-pyrrole nitrogens is 1. The van der Waals surface area contributed by atoms with Crippen LogP contribution in [-0.2, 0) is 9.59 Å². The van der Waals surface area contributed by atoms with Gasteiger partial charge in [0, 0.05) is 44.5 Å². The van der Waals surface area contributed by atoms with Gasteiger partial charge in [0.15, 0.2) is 0 Å². The summed E-state index contributed by atoms with van der Waals surface area (Å²) >= 11 is 0. The average Bonchev–Trinajstić information content (AvgIpc) is 3.08. The molecule has 2 amide bonds. The number of nitrogens with two attached hydrogens (primary N) is 1. The molecule has 9 nitrogen and oxygen atoms in total. The van der Waals surface area contributed by atoms with Crippen LogP contribution < -0.4 is 21.2 Å². The van der Waals surface area contributed by atoms with Crippen LogP contribution in [0.25, 0.3) is 0 Å². The molecular weight excluding hydrogens is 398 g/mol. The zero-order valence-corrected chi connectivity index (χ0v) is 16.0. The van der Waals surface area contributed by atoms with Crippen molar-refractivity contribution in [2.45, 2.75) is 6.42 Å². The predicted molar refractivity (Wildman–Crippen MR) is 105 cm³/mol. The van der Waals surface area contributed by atoms with Gasteiger partial charge in [-0.25, -0.2) is 13.6 Å². The van der Waals surface area contributed by atoms with Crippen molar-refractivity contribution in [3.05, 3.63) is 46.5 Å². The maximum atomic E-state index is 13.5. The van der Waals surface area contributed by atoms with Crippen molar-refractivity contribution in [1.82, 2.24) is 14.9 Å². The molecule has 1 aromatic heterocycles. The van der Waals surface area contributed by atoms with Crippen LogP contribution in [0.5, 0.6) is 0 Å². The standard InChI is InChI=1S/C19H20F2N6O3/c20-11-7-12(21)9-13(8-11)27-2-1-14(18(27)29)17(28)26-5-3-25(4-6-26)15-10-23-19(30)24-16(15)22/h7-10,14H,1-6H2,(H3,22,23,24,30). The number of aromatic nitrogens is 2. The summed E-state index contributed by atoms with van der Waals surface area (Å²) in [5.74, 6) is -2.98. The van der Waals surface area contributed by atoms with Crippen molar-refractivity contribution in [2.75, 3.05) is 48.3 Å². The van der Waals surface area contributed by atoms with Gasteiger partial charge in [-0.05, 0) is 18.6 Å². The Morgan fingerprint density at radius 1 is 1.07 bits per heavy atom. The van der Waals surface area contributed by atoms with Crippen LogP contribution in [0, 0.1) is 17.6 Å². The summed E-state index contributed by atoms with van der Waals surface area (Å²) in [6, 6.07) is 2.89. The van der Waals surface area contributed by atoms with Crippen LogP contribution in [0.1, 0.15) is 6.42 Å². The molecule has 2 fully saturated rings. The first-order chi connectivity index (χ1) is 14.3. The van der Waals surface area contributed by atoms with Gasteiger partial charge in [-0.2, -0.15) is 4.98 Å². The summed E-state index contributed by atoms with van der Waals surface area (Å²) in [6.07, 6.45) is 1.68. The third-order valence-electron chi connectivity index (χ3n) is 5.42. The highest BCUT2D eigenvalue weighted by molar-refractivity contribution is 6.09. The van der Waals surface area contributed by atoms with E-state index in [1.165, 1.54) is 11.1 Å². The molecule has 2 aromatic rings. The first-order valence-electron chi connectivity index (χ1n) is 9.49. The minimum atomic E-state index is -0.873. The van der Waals surface area contributed by atoms with E-state index in [0.717, 1.165) is 18.2 Å². The number of piperazine rings is 1. The maximum Gasteiger partial charge on any atom is 0.346 e. The second-order valence-electron chi connectivity index (χ2n) is 7.26. The molecule has 4 rings (SSSR count). The van der Waals surface area contributed by atoms with E-state index in [1.807, 2.05) is 4.90 Å². The lowest BCUT2D eigenvalue weighted by atomic mass is 10.1. The number of carbonyl (C=O) groups is 2. The van der Waals surface area contributed by atoms with E-state index in [2.05, 4.69) is 9.97 Å². The molecule has 0 spiro atoms. The quantitative estimate of drug-likeness (QED) is 0.695. The Kier molecular flexibility index (Phi) is 5.10. The van der Waals surface area contributed by atoms with Gasteiger partial charge in [-0.3, -0.25) is 14.6 Å². The van der Waals surface area contributed by atoms with Crippen molar-refractivity contribution < 1.29 is 18.4 Å². The Hall–Kier alpha value is -3.50. The number of carbonyl (C=O) groups excluding carboxylic acids is 2. The Labute approximate surface area is 170 Å². The molecule has 0 bridgehead atoms. The molecule has 1 unspecified atom stereocenters. The Balaban J connectivity index is 1.41. The fourth-order valence-electron chi connectivity index (χ4n) is 3.90. The van der Waals surface area contributed by atoms with E-state index in [-0.39, 0.29) is 30.4 Å². The van der Waals surface area contributed by atoms with Gasteiger partial charge in [0.05, 0.1) is 11.9 Å². The fourth-order valence-corrected chi connectivity index (χ4v) is 3.90. The molecule has 2 aliphatic rings. The number of aromatic amines is 1. The Morgan fingerprint density at radius 3 is 2.37 bits per heavy atom. The molecule has 0 radical (unpaired) electrons. The number of amides is 2. The van der Waals surface area contributed by atoms with E-state index < -0.39 is 29.1 Å². The summed E-state index contributed by atoms with van der Waals surface area (Å²) in [4.78, 5) is 47.7. The largest absolute Gasteiger partial charge is 0.383 e. The zero-order valence-electron chi connectivity index (χ0n) is 16.0. The lowest BCUT2D eigenvalue weighted by Gasteiger charge is -2.37. The van der Waals surface area contributed by atoms with E-state index in [9.17, 15) is 23.2 Å². The first-order valence-corrected chi connectivity index (χ1v) is 9.49. The van der Waals surface area contributed by atoms with E-state index >= 15 is 0 Å². The zero-order chi connectivity index (χ0) is 21.4. The van der Waals surface area contributed by atoms with Crippen LogP contribution in [0.3, 0.4) is 0 Å². The summed E-state index contributed by atoms with van der Waals surface area (Å²) < 4.78 is 27.0. The van der Waals surface area contributed by atoms with Crippen LogP contribution in [-0.4, -0.2) is 59.4 Å². The van der Waals surface area contributed by atoms with Gasteiger partial charge < -0.3 is 20.4 Å². The molecule has 3 N–H and O–H groups in total. The Morgan fingerprint density at radius 2 is 1.73 bits per heavy atom. The molecule has 1 atom stereocenters. The van der Waals surface area contributed by atoms with Crippen LogP contribution in [0.2, 0.25) is 0 Å². The number of halogens is 2. The highest BCUT2D eigenvalue weighted by Crippen LogP contribution is 2.28. The molecule has 0 saturated carbocycles. The lowest BCUT2D eigenvalue weighted by molar-refractivity contribution is -0.140. The summed E-state index contributed by atoms with van der Waals surface area (Å²) in [5, 5.41) is 0. The van der Waals surface area contributed by atoms with Gasteiger partial charge in [0.1, 0.15) is 23.4 Å². The third kappa shape index (κ3) is 3.70. The number of nitrogens with zero attached hydrogens (tertiary/aromatic N) is 4. The molecule has 158 valence electrons. The molecule has 1 aromatic carbocycles. The topological polar surface area (TPSA) is 116 Å². The lowest BCUT2D eigenvalue weighted by Crippen LogP contribution is -2.51. The molecule has 3 heterocycles. The van der Waals surface area contributed by atoms with Crippen molar-refractivity contribution in [1.29, 1.82) is 0 Å². The summed E-state index contributed by atoms with van der Waals surface area (Å²) in [6.45, 7) is 1.88. The summed E-state index contributed by atoms with van der Waals surface area (Å²) in [5.41, 5.74) is 5.99. The second kappa shape index (κ2) is 7.73. The fraction of sp³-hybridized carbons (Fsp3) is 0.368. The number of hydrogen-bond acceptors (Lipinski definition) is 6. The molecule has 2 aliphatic heterocycles. The molecule has 11 heteroatoms. The number of nitrogens with one attached hydrogen (secondary N) is 1. The van der Waals surface area contributed by atoms with Gasteiger partial charge in [0.25, 0.3) is 0 Å². The molecule has 30 heavy (non-hydrogen) atoms. The number of anilines is 3. The van der Waals surface area contributed by atoms with Crippen molar-refractivity contribution in [3.8, 4) is 0 Å². The molecular formula is C19H20F2N6O3. The van der Waals surface area contributed by atoms with Crippen molar-refractivity contribution in [2.24, 2.45) is 5.92 Å². The first kappa shape index (κ1) is 19.8. The van der Waals surface area contributed by atoms with E-state index in [4.69, 9.17) is 5.73 Å². The van der Waals surface area contributed by atoms with Crippen molar-refractivity contribution >= 4 is 29.0 Å². The summed E-state index contributed by atoms with van der Waals surface area (Å²) in [7, 11) is 0. The van der Waals surface area contributed by atoms with E-state index in [1.54, 1.807) is 4.90 Å². The highest BCUT2D eigenvalue weighted by atomic mass is 19.1. The van der Waals surface area contributed by atoms with Crippen LogP contribution in [0.15, 0.2) is 29.2 Å². The molecule has 2 saturated heterocycles. The van der Waals surface area contributed by atoms with E-state index in [0.29, 0.717) is 31.9 Å². The highest BCUT2D eigenvalue weighted by Gasteiger charge is 2.40. The van der Waals surface area contributed by atoms with Crippen molar-refractivity contribution in [3.63, 3.8) is 0 Å². The smallest absolute Gasteiger partial charge is 0.346 e. The SMILES string of the molecule is Nc1[nH]c(=O)ncc1N1CCN(C(=O)C2CCN(c3cc(F)cc(F)c3)C2=O)CC1. The minimum Gasteiger partial charge on any atom is -0.383 e. The molecule has 0 aliphatic carbocycles. The number of benzene rings is 1. The van der Waals surface area contributed by atoms with Crippen LogP contribution >= 0.6 is 0 Å². The second-order valence-corrected chi connectivity index (χ2v) is 7.26. The number of nitrogen functional groups attached to an aromatic ring is 1. The maximum absolute atomic E-state index is 13.5. The van der Waals surface area contributed by atoms with Crippen LogP contribution in [0.4, 0.5) is 26.0 Å². The number of rotatable bonds is 3. The van der Waals surface area contributed by atoms with Gasteiger partial charge in [0.2, 0.25) is 11.8 Å². The number of hydrogen-bond donors (Lipinski definition) is 2. The van der Waals surface area contributed by atoms with Gasteiger partial charge in [-0.1, -0.05) is 0 Å².